The van der Waals surface area contributed by atoms with E-state index in [1.807, 2.05) is 60.7 Å². The van der Waals surface area contributed by atoms with Gasteiger partial charge in [0.15, 0.2) is 46.2 Å². The summed E-state index contributed by atoms with van der Waals surface area (Å²) >= 11 is 0. The van der Waals surface area contributed by atoms with Crippen LogP contribution in [0, 0.1) is 0 Å². The molecule has 9 heteroatoms. The van der Waals surface area contributed by atoms with Crippen LogP contribution in [-0.4, -0.2) is 41.8 Å². The summed E-state index contributed by atoms with van der Waals surface area (Å²) in [6, 6.07) is 28.9. The standard InChI is InChI=1S/C39H33NO8/c1-45-34-23-26(15-19-32(34)43)13-17-30(41)25-31(42)18-14-27-16-20-33(35(24-27)46-2)47-37(44)22-21-36-40-38(28-9-5-3-6-10-28)39(48-36)29-11-7-4-8-12-29/h3-20,23-24,43H,21-22,25H2,1-2H3/b17-13+,18-14+. The van der Waals surface area contributed by atoms with E-state index >= 15 is 0 Å². The molecule has 1 N–H and O–H groups in total. The van der Waals surface area contributed by atoms with Crippen molar-refractivity contribution >= 4 is 29.7 Å². The molecule has 0 radical (unpaired) electrons. The van der Waals surface area contributed by atoms with Gasteiger partial charge in [-0.15, -0.1) is 0 Å². The van der Waals surface area contributed by atoms with Crippen molar-refractivity contribution in [2.45, 2.75) is 19.3 Å². The summed E-state index contributed by atoms with van der Waals surface area (Å²) in [6.45, 7) is 0. The van der Waals surface area contributed by atoms with E-state index in [0.29, 0.717) is 34.2 Å². The Balaban J connectivity index is 1.17. The Morgan fingerprint density at radius 2 is 1.31 bits per heavy atom. The average Bonchev–Trinajstić information content (AvgIpc) is 3.55. The summed E-state index contributed by atoms with van der Waals surface area (Å²) in [5, 5.41) is 9.70. The van der Waals surface area contributed by atoms with Crippen molar-refractivity contribution in [3.05, 3.63) is 126 Å². The van der Waals surface area contributed by atoms with Gasteiger partial charge in [-0.1, -0.05) is 84.9 Å². The number of phenols is 1. The van der Waals surface area contributed by atoms with Gasteiger partial charge in [0.2, 0.25) is 0 Å². The fourth-order valence-electron chi connectivity index (χ4n) is 4.77. The first-order valence-electron chi connectivity index (χ1n) is 15.1. The summed E-state index contributed by atoms with van der Waals surface area (Å²) in [6.07, 6.45) is 5.63. The van der Waals surface area contributed by atoms with Crippen molar-refractivity contribution in [2.24, 2.45) is 0 Å². The zero-order valence-electron chi connectivity index (χ0n) is 26.4. The number of aromatic nitrogens is 1. The third kappa shape index (κ3) is 8.73. The third-order valence-electron chi connectivity index (χ3n) is 7.18. The highest BCUT2D eigenvalue weighted by Crippen LogP contribution is 2.33. The van der Waals surface area contributed by atoms with Gasteiger partial charge in [0.1, 0.15) is 5.69 Å². The minimum Gasteiger partial charge on any atom is -0.504 e. The second kappa shape index (κ2) is 15.9. The number of esters is 1. The topological polar surface area (TPSA) is 125 Å². The highest BCUT2D eigenvalue weighted by atomic mass is 16.6. The number of hydrogen-bond acceptors (Lipinski definition) is 9. The van der Waals surface area contributed by atoms with Crippen LogP contribution in [0.2, 0.25) is 0 Å². The molecular formula is C39H33NO8. The fourth-order valence-corrected chi connectivity index (χ4v) is 4.77. The van der Waals surface area contributed by atoms with E-state index in [4.69, 9.17) is 23.6 Å². The molecule has 0 atom stereocenters. The van der Waals surface area contributed by atoms with E-state index in [0.717, 1.165) is 11.1 Å². The summed E-state index contributed by atoms with van der Waals surface area (Å²) in [5.74, 6) is 0.568. The molecule has 0 fully saturated rings. The first-order valence-corrected chi connectivity index (χ1v) is 15.1. The SMILES string of the molecule is COc1cc(/C=C/C(=O)CC(=O)/C=C/c2ccc(OC(=O)CCc3nc(-c4ccccc4)c(-c4ccccc4)o3)c(OC)c2)ccc1O. The van der Waals surface area contributed by atoms with Gasteiger partial charge in [-0.25, -0.2) is 4.98 Å². The van der Waals surface area contributed by atoms with Gasteiger partial charge in [0, 0.05) is 17.5 Å². The number of rotatable bonds is 14. The molecule has 0 aliphatic rings. The molecule has 0 saturated carbocycles. The van der Waals surface area contributed by atoms with E-state index in [2.05, 4.69) is 0 Å². The molecule has 0 saturated heterocycles. The molecule has 4 aromatic carbocycles. The van der Waals surface area contributed by atoms with Crippen molar-refractivity contribution < 1.29 is 38.1 Å². The number of carbonyl (C=O) groups excluding carboxylic acids is 3. The molecule has 0 spiro atoms. The van der Waals surface area contributed by atoms with Gasteiger partial charge in [-0.05, 0) is 47.5 Å². The minimum atomic E-state index is -0.496. The van der Waals surface area contributed by atoms with E-state index in [1.54, 1.807) is 42.5 Å². The molecule has 1 aromatic heterocycles. The highest BCUT2D eigenvalue weighted by Gasteiger charge is 2.18. The predicted octanol–water partition coefficient (Wildman–Crippen LogP) is 7.52. The van der Waals surface area contributed by atoms with Gasteiger partial charge in [-0.3, -0.25) is 14.4 Å². The van der Waals surface area contributed by atoms with Crippen LogP contribution in [0.4, 0.5) is 0 Å². The number of allylic oxidation sites excluding steroid dienone is 2. The van der Waals surface area contributed by atoms with Crippen LogP contribution in [0.5, 0.6) is 23.0 Å². The van der Waals surface area contributed by atoms with Gasteiger partial charge in [0.05, 0.1) is 27.1 Å². The Morgan fingerprint density at radius 3 is 1.94 bits per heavy atom. The molecular weight excluding hydrogens is 610 g/mol. The molecule has 0 bridgehead atoms. The first kappa shape index (κ1) is 33.2. The van der Waals surface area contributed by atoms with Crippen molar-refractivity contribution in [2.75, 3.05) is 14.2 Å². The number of methoxy groups -OCH3 is 2. The maximum absolute atomic E-state index is 12.8. The van der Waals surface area contributed by atoms with E-state index in [9.17, 15) is 19.5 Å². The quantitative estimate of drug-likeness (QED) is 0.0566. The Hall–Kier alpha value is -6.22. The largest absolute Gasteiger partial charge is 0.504 e. The summed E-state index contributed by atoms with van der Waals surface area (Å²) in [4.78, 5) is 42.2. The molecule has 1 heterocycles. The van der Waals surface area contributed by atoms with Crippen LogP contribution in [-0.2, 0) is 20.8 Å². The number of ether oxygens (including phenoxy) is 3. The van der Waals surface area contributed by atoms with Crippen LogP contribution >= 0.6 is 0 Å². The lowest BCUT2D eigenvalue weighted by atomic mass is 10.1. The van der Waals surface area contributed by atoms with Crippen LogP contribution in [0.3, 0.4) is 0 Å². The van der Waals surface area contributed by atoms with Gasteiger partial charge in [0.25, 0.3) is 0 Å². The molecule has 242 valence electrons. The Bertz CT molecular complexity index is 1900. The lowest BCUT2D eigenvalue weighted by molar-refractivity contribution is -0.134. The van der Waals surface area contributed by atoms with Gasteiger partial charge < -0.3 is 23.7 Å². The second-order valence-electron chi connectivity index (χ2n) is 10.6. The number of aryl methyl sites for hydroxylation is 1. The predicted molar refractivity (Wildman–Crippen MR) is 182 cm³/mol. The van der Waals surface area contributed by atoms with E-state index < -0.39 is 5.97 Å². The Kier molecular flexibility index (Phi) is 11.0. The number of phenolic OH excluding ortho intramolecular Hbond substituents is 1. The molecule has 48 heavy (non-hydrogen) atoms. The van der Waals surface area contributed by atoms with Gasteiger partial charge >= 0.3 is 5.97 Å². The van der Waals surface area contributed by atoms with E-state index in [1.165, 1.54) is 32.4 Å². The van der Waals surface area contributed by atoms with Crippen molar-refractivity contribution in [3.63, 3.8) is 0 Å². The molecule has 9 nitrogen and oxygen atoms in total. The maximum Gasteiger partial charge on any atom is 0.311 e. The minimum absolute atomic E-state index is 0.0117. The lowest BCUT2D eigenvalue weighted by Gasteiger charge is -2.09. The molecule has 5 aromatic rings. The molecule has 0 unspecified atom stereocenters. The Labute approximate surface area is 277 Å². The van der Waals surface area contributed by atoms with Crippen LogP contribution in [0.15, 0.2) is 114 Å². The third-order valence-corrected chi connectivity index (χ3v) is 7.18. The highest BCUT2D eigenvalue weighted by molar-refractivity contribution is 6.10. The number of carbonyl (C=O) groups is 3. The summed E-state index contributed by atoms with van der Waals surface area (Å²) < 4.78 is 22.2. The number of ketones is 2. The zero-order valence-corrected chi connectivity index (χ0v) is 26.4. The molecule has 0 amide bonds. The molecule has 0 aliphatic heterocycles. The number of hydrogen-bond donors (Lipinski definition) is 1. The smallest absolute Gasteiger partial charge is 0.311 e. The number of aromatic hydroxyl groups is 1. The normalized spacial score (nSPS) is 11.1. The molecule has 0 aliphatic carbocycles. The Morgan fingerprint density at radius 1 is 0.729 bits per heavy atom. The van der Waals surface area contributed by atoms with Crippen LogP contribution in [0.25, 0.3) is 34.7 Å². The monoisotopic (exact) mass is 643 g/mol. The maximum atomic E-state index is 12.8. The summed E-state index contributed by atoms with van der Waals surface area (Å²) in [7, 11) is 2.88. The van der Waals surface area contributed by atoms with E-state index in [-0.39, 0.29) is 48.1 Å². The van der Waals surface area contributed by atoms with Crippen LogP contribution < -0.4 is 14.2 Å². The van der Waals surface area contributed by atoms with Crippen LogP contribution in [0.1, 0.15) is 29.9 Å². The van der Waals surface area contributed by atoms with Crippen molar-refractivity contribution in [1.29, 1.82) is 0 Å². The number of benzene rings is 4. The fraction of sp³-hybridized carbons (Fsp3) is 0.128. The second-order valence-corrected chi connectivity index (χ2v) is 10.6. The molecule has 5 rings (SSSR count). The average molecular weight is 644 g/mol. The van der Waals surface area contributed by atoms with Crippen molar-refractivity contribution in [3.8, 4) is 45.6 Å². The number of oxazole rings is 1. The zero-order chi connectivity index (χ0) is 33.9. The first-order chi connectivity index (χ1) is 23.3. The van der Waals surface area contributed by atoms with Crippen molar-refractivity contribution in [1.82, 2.24) is 4.98 Å². The number of nitrogens with zero attached hydrogens (tertiary/aromatic N) is 1. The summed E-state index contributed by atoms with van der Waals surface area (Å²) in [5.41, 5.74) is 3.74. The van der Waals surface area contributed by atoms with Gasteiger partial charge in [-0.2, -0.15) is 0 Å². The lowest BCUT2D eigenvalue weighted by Crippen LogP contribution is -2.10.